The Labute approximate surface area is 146 Å². The lowest BCUT2D eigenvalue weighted by Crippen LogP contribution is -2.35. The molecule has 1 atom stereocenters. The fourth-order valence-corrected chi connectivity index (χ4v) is 5.19. The average Bonchev–Trinajstić information content (AvgIpc) is 2.89. The maximum atomic E-state index is 13.0. The van der Waals surface area contributed by atoms with Crippen LogP contribution in [0.3, 0.4) is 0 Å². The Kier molecular flexibility index (Phi) is 4.07. The minimum absolute atomic E-state index is 0.0453. The van der Waals surface area contributed by atoms with Crippen molar-refractivity contribution in [2.75, 3.05) is 4.31 Å². The zero-order valence-corrected chi connectivity index (χ0v) is 14.9. The zero-order chi connectivity index (χ0) is 18.4. The van der Waals surface area contributed by atoms with Crippen molar-refractivity contribution in [3.05, 3.63) is 53.6 Å². The van der Waals surface area contributed by atoms with Gasteiger partial charge in [0, 0.05) is 6.04 Å². The van der Waals surface area contributed by atoms with E-state index in [0.717, 1.165) is 0 Å². The van der Waals surface area contributed by atoms with E-state index in [1.54, 1.807) is 6.92 Å². The third kappa shape index (κ3) is 3.00. The number of fused-ring (bicyclic) bond motifs is 1. The summed E-state index contributed by atoms with van der Waals surface area (Å²) in [5.74, 6) is 0. The second-order valence-corrected chi connectivity index (χ2v) is 9.20. The zero-order valence-electron chi connectivity index (χ0n) is 13.2. The first kappa shape index (κ1) is 17.4. The highest BCUT2D eigenvalue weighted by Crippen LogP contribution is 2.37. The summed E-state index contributed by atoms with van der Waals surface area (Å²) in [6, 6.07) is 11.4. The largest absolute Gasteiger partial charge is 0.264 e. The van der Waals surface area contributed by atoms with E-state index in [4.69, 9.17) is 10.4 Å². The molecule has 0 fully saturated rings. The molecule has 0 saturated heterocycles. The van der Waals surface area contributed by atoms with Crippen molar-refractivity contribution in [3.63, 3.8) is 0 Å². The predicted octanol–water partition coefficient (Wildman–Crippen LogP) is 1.35. The number of nitriles is 1. The van der Waals surface area contributed by atoms with E-state index in [2.05, 4.69) is 0 Å². The standard InChI is InChI=1S/C16H15N3O4S2/c1-11-8-13-9-15(24(18,20)21)6-7-16(13)19(11)25(22,23)14-4-2-12(10-17)3-5-14/h2-7,9,11H,8H2,1H3,(H2,18,20,21). The molecule has 1 heterocycles. The quantitative estimate of drug-likeness (QED) is 0.865. The number of rotatable bonds is 3. The molecule has 25 heavy (non-hydrogen) atoms. The van der Waals surface area contributed by atoms with Gasteiger partial charge in [0.25, 0.3) is 10.0 Å². The van der Waals surface area contributed by atoms with Crippen molar-refractivity contribution in [1.82, 2.24) is 0 Å². The van der Waals surface area contributed by atoms with Gasteiger partial charge in [-0.2, -0.15) is 5.26 Å². The molecule has 0 radical (unpaired) electrons. The molecule has 9 heteroatoms. The van der Waals surface area contributed by atoms with Crippen LogP contribution in [-0.2, 0) is 26.5 Å². The number of hydrogen-bond acceptors (Lipinski definition) is 5. The minimum Gasteiger partial charge on any atom is -0.263 e. The average molecular weight is 377 g/mol. The Balaban J connectivity index is 2.08. The van der Waals surface area contributed by atoms with E-state index < -0.39 is 20.0 Å². The number of anilines is 1. The second-order valence-electron chi connectivity index (χ2n) is 5.83. The molecule has 130 valence electrons. The van der Waals surface area contributed by atoms with Crippen LogP contribution < -0.4 is 9.44 Å². The summed E-state index contributed by atoms with van der Waals surface area (Å²) in [6.45, 7) is 1.75. The van der Waals surface area contributed by atoms with Crippen molar-refractivity contribution >= 4 is 25.7 Å². The van der Waals surface area contributed by atoms with Crippen LogP contribution in [0, 0.1) is 11.3 Å². The maximum absolute atomic E-state index is 13.0. The summed E-state index contributed by atoms with van der Waals surface area (Å²) >= 11 is 0. The molecule has 0 aliphatic carbocycles. The minimum atomic E-state index is -3.85. The fraction of sp³-hybridized carbons (Fsp3) is 0.188. The van der Waals surface area contributed by atoms with Crippen LogP contribution in [0.25, 0.3) is 0 Å². The normalized spacial score (nSPS) is 17.2. The van der Waals surface area contributed by atoms with Crippen molar-refractivity contribution in [2.45, 2.75) is 29.2 Å². The van der Waals surface area contributed by atoms with E-state index in [1.165, 1.54) is 46.8 Å². The van der Waals surface area contributed by atoms with Crippen molar-refractivity contribution in [2.24, 2.45) is 5.14 Å². The van der Waals surface area contributed by atoms with Crippen LogP contribution in [-0.4, -0.2) is 22.9 Å². The Morgan fingerprint density at radius 3 is 2.24 bits per heavy atom. The molecular formula is C16H15N3O4S2. The van der Waals surface area contributed by atoms with Crippen molar-refractivity contribution in [3.8, 4) is 6.07 Å². The van der Waals surface area contributed by atoms with Crippen molar-refractivity contribution in [1.29, 1.82) is 5.26 Å². The SMILES string of the molecule is CC1Cc2cc(S(N)(=O)=O)ccc2N1S(=O)(=O)c1ccc(C#N)cc1. The van der Waals surface area contributed by atoms with Crippen LogP contribution in [0.5, 0.6) is 0 Å². The summed E-state index contributed by atoms with van der Waals surface area (Å²) in [7, 11) is -7.68. The summed E-state index contributed by atoms with van der Waals surface area (Å²) in [5.41, 5.74) is 1.41. The van der Waals surface area contributed by atoms with Crippen LogP contribution in [0.1, 0.15) is 18.1 Å². The third-order valence-electron chi connectivity index (χ3n) is 4.07. The monoisotopic (exact) mass is 377 g/mol. The Hall–Kier alpha value is -2.41. The number of sulfonamides is 2. The first-order valence-electron chi connectivity index (χ1n) is 7.35. The number of nitrogens with zero attached hydrogens (tertiary/aromatic N) is 2. The molecule has 2 aromatic carbocycles. The molecule has 0 aromatic heterocycles. The van der Waals surface area contributed by atoms with Gasteiger partial charge in [0.05, 0.1) is 27.1 Å². The highest BCUT2D eigenvalue weighted by molar-refractivity contribution is 7.93. The lowest BCUT2D eigenvalue weighted by Gasteiger charge is -2.24. The van der Waals surface area contributed by atoms with E-state index in [0.29, 0.717) is 23.2 Å². The van der Waals surface area contributed by atoms with Gasteiger partial charge in [-0.25, -0.2) is 22.0 Å². The number of primary sulfonamides is 1. The van der Waals surface area contributed by atoms with Gasteiger partial charge in [0.15, 0.2) is 0 Å². The van der Waals surface area contributed by atoms with E-state index in [-0.39, 0.29) is 15.8 Å². The molecule has 0 amide bonds. The summed E-state index contributed by atoms with van der Waals surface area (Å²) < 4.78 is 50.2. The Morgan fingerprint density at radius 2 is 1.68 bits per heavy atom. The van der Waals surface area contributed by atoms with Crippen LogP contribution >= 0.6 is 0 Å². The Bertz CT molecular complexity index is 1090. The van der Waals surface area contributed by atoms with Crippen LogP contribution in [0.2, 0.25) is 0 Å². The van der Waals surface area contributed by atoms with Crippen molar-refractivity contribution < 1.29 is 16.8 Å². The van der Waals surface area contributed by atoms with Gasteiger partial charge < -0.3 is 0 Å². The van der Waals surface area contributed by atoms with Gasteiger partial charge in [-0.3, -0.25) is 4.31 Å². The predicted molar refractivity (Wildman–Crippen MR) is 91.8 cm³/mol. The van der Waals surface area contributed by atoms with E-state index in [9.17, 15) is 16.8 Å². The Morgan fingerprint density at radius 1 is 1.08 bits per heavy atom. The number of hydrogen-bond donors (Lipinski definition) is 1. The first-order valence-corrected chi connectivity index (χ1v) is 10.3. The lowest BCUT2D eigenvalue weighted by atomic mass is 10.1. The fourth-order valence-electron chi connectivity index (χ4n) is 2.94. The molecule has 1 unspecified atom stereocenters. The van der Waals surface area contributed by atoms with Gasteiger partial charge in [-0.15, -0.1) is 0 Å². The lowest BCUT2D eigenvalue weighted by molar-refractivity contribution is 0.584. The van der Waals surface area contributed by atoms with E-state index >= 15 is 0 Å². The molecule has 0 spiro atoms. The molecule has 3 rings (SSSR count). The molecular weight excluding hydrogens is 362 g/mol. The highest BCUT2D eigenvalue weighted by atomic mass is 32.2. The summed E-state index contributed by atoms with van der Waals surface area (Å²) in [5, 5.41) is 14.0. The molecule has 0 bridgehead atoms. The van der Waals surface area contributed by atoms with Gasteiger partial charge >= 0.3 is 0 Å². The summed E-state index contributed by atoms with van der Waals surface area (Å²) in [4.78, 5) is 0.0257. The molecule has 0 saturated carbocycles. The molecule has 1 aliphatic rings. The second kappa shape index (κ2) is 5.84. The number of benzene rings is 2. The highest BCUT2D eigenvalue weighted by Gasteiger charge is 2.36. The van der Waals surface area contributed by atoms with Crippen LogP contribution in [0.15, 0.2) is 52.3 Å². The molecule has 7 nitrogen and oxygen atoms in total. The third-order valence-corrected chi connectivity index (χ3v) is 6.93. The first-order chi connectivity index (χ1) is 11.6. The van der Waals surface area contributed by atoms with Gasteiger partial charge in [-0.05, 0) is 61.4 Å². The smallest absolute Gasteiger partial charge is 0.263 e. The molecule has 2 aromatic rings. The summed E-state index contributed by atoms with van der Waals surface area (Å²) in [6.07, 6.45) is 0.383. The molecule has 1 aliphatic heterocycles. The number of nitrogens with two attached hydrogens (primary N) is 1. The van der Waals surface area contributed by atoms with Gasteiger partial charge in [0.1, 0.15) is 0 Å². The topological polar surface area (TPSA) is 121 Å². The molecule has 2 N–H and O–H groups in total. The maximum Gasteiger partial charge on any atom is 0.264 e. The van der Waals surface area contributed by atoms with Crippen LogP contribution in [0.4, 0.5) is 5.69 Å². The van der Waals surface area contributed by atoms with Gasteiger partial charge in [0.2, 0.25) is 10.0 Å². The van der Waals surface area contributed by atoms with E-state index in [1.807, 2.05) is 6.07 Å². The van der Waals surface area contributed by atoms with Gasteiger partial charge in [-0.1, -0.05) is 0 Å².